The molecule has 0 radical (unpaired) electrons. The molecular formula is C25H32N2O6. The number of methoxy groups -OCH3 is 1. The van der Waals surface area contributed by atoms with Gasteiger partial charge in [-0.2, -0.15) is 0 Å². The molecule has 8 nitrogen and oxygen atoms in total. The summed E-state index contributed by atoms with van der Waals surface area (Å²) in [4.78, 5) is 40.8. The van der Waals surface area contributed by atoms with Gasteiger partial charge < -0.3 is 23.7 Å². The molecule has 1 aromatic carbocycles. The zero-order valence-corrected chi connectivity index (χ0v) is 20.0. The summed E-state index contributed by atoms with van der Waals surface area (Å²) in [6.45, 7) is 6.36. The summed E-state index contributed by atoms with van der Waals surface area (Å²) < 4.78 is 17.8. The molecule has 1 amide bonds. The van der Waals surface area contributed by atoms with Gasteiger partial charge in [-0.15, -0.1) is 0 Å². The lowest BCUT2D eigenvalue weighted by Gasteiger charge is -2.25. The fourth-order valence-corrected chi connectivity index (χ4v) is 4.32. The van der Waals surface area contributed by atoms with Gasteiger partial charge in [0.25, 0.3) is 5.91 Å². The van der Waals surface area contributed by atoms with E-state index in [0.717, 1.165) is 12.8 Å². The molecule has 0 saturated carbocycles. The monoisotopic (exact) mass is 456 g/mol. The van der Waals surface area contributed by atoms with Crippen LogP contribution in [-0.4, -0.2) is 66.6 Å². The first-order chi connectivity index (χ1) is 15.8. The lowest BCUT2D eigenvalue weighted by molar-refractivity contribution is 0.0505. The number of hydrogen-bond donors (Lipinski definition) is 0. The van der Waals surface area contributed by atoms with Crippen molar-refractivity contribution in [1.82, 2.24) is 9.47 Å². The second-order valence-corrected chi connectivity index (χ2v) is 8.19. The normalized spacial score (nSPS) is 15.4. The molecule has 0 spiro atoms. The highest BCUT2D eigenvalue weighted by Crippen LogP contribution is 2.24. The smallest absolute Gasteiger partial charge is 0.355 e. The Morgan fingerprint density at radius 2 is 2.00 bits per heavy atom. The van der Waals surface area contributed by atoms with Crippen LogP contribution in [0.3, 0.4) is 0 Å². The van der Waals surface area contributed by atoms with Crippen LogP contribution in [0.4, 0.5) is 0 Å². The van der Waals surface area contributed by atoms with Gasteiger partial charge in [0.05, 0.1) is 26.4 Å². The zero-order chi connectivity index (χ0) is 24.1. The highest BCUT2D eigenvalue weighted by atomic mass is 16.5. The number of amides is 1. The average Bonchev–Trinajstić information content (AvgIpc) is 3.39. The van der Waals surface area contributed by atoms with E-state index in [1.165, 1.54) is 4.90 Å². The molecule has 1 aliphatic rings. The molecule has 1 fully saturated rings. The number of benzene rings is 1. The summed E-state index contributed by atoms with van der Waals surface area (Å²) in [7, 11) is 3.27. The van der Waals surface area contributed by atoms with Crippen LogP contribution in [0.1, 0.15) is 62.2 Å². The Balaban J connectivity index is 1.91. The molecule has 2 heterocycles. The van der Waals surface area contributed by atoms with Crippen molar-refractivity contribution in [2.45, 2.75) is 39.7 Å². The van der Waals surface area contributed by atoms with E-state index in [4.69, 9.17) is 14.2 Å². The third-order valence-corrected chi connectivity index (χ3v) is 6.06. The SMILES string of the molecule is CCOC(=O)c1c(C)c(C(=O)CN(CC2CCCO2)C(=O)c2cccc(OC)c2)c(C)n1C. The number of aromatic nitrogens is 1. The van der Waals surface area contributed by atoms with Crippen molar-refractivity contribution in [2.75, 3.05) is 33.4 Å². The van der Waals surface area contributed by atoms with Gasteiger partial charge in [-0.1, -0.05) is 6.07 Å². The number of Topliss-reactive ketones (excluding diaryl/α,β-unsaturated/α-hetero) is 1. The number of carbonyl (C=O) groups excluding carboxylic acids is 3. The Hall–Kier alpha value is -3.13. The van der Waals surface area contributed by atoms with Crippen molar-refractivity contribution in [3.8, 4) is 5.75 Å². The van der Waals surface area contributed by atoms with E-state index in [2.05, 4.69) is 0 Å². The largest absolute Gasteiger partial charge is 0.497 e. The highest BCUT2D eigenvalue weighted by Gasteiger charge is 2.30. The summed E-state index contributed by atoms with van der Waals surface area (Å²) in [6, 6.07) is 6.87. The van der Waals surface area contributed by atoms with E-state index >= 15 is 0 Å². The Bertz CT molecular complexity index is 1040. The van der Waals surface area contributed by atoms with E-state index < -0.39 is 5.97 Å². The van der Waals surface area contributed by atoms with Crippen molar-refractivity contribution in [3.05, 3.63) is 52.3 Å². The Labute approximate surface area is 194 Å². The van der Waals surface area contributed by atoms with Gasteiger partial charge in [0, 0.05) is 37.0 Å². The van der Waals surface area contributed by atoms with E-state index in [1.807, 2.05) is 0 Å². The zero-order valence-electron chi connectivity index (χ0n) is 20.0. The molecule has 33 heavy (non-hydrogen) atoms. The number of carbonyl (C=O) groups is 3. The standard InChI is InChI=1S/C25H32N2O6/c1-6-32-25(30)23-16(2)22(17(3)26(23)4)21(28)15-27(14-20-11-8-12-33-20)24(29)18-9-7-10-19(13-18)31-5/h7,9-10,13,20H,6,8,11-12,14-15H2,1-5H3. The van der Waals surface area contributed by atoms with Crippen LogP contribution in [0.15, 0.2) is 24.3 Å². The molecular weight excluding hydrogens is 424 g/mol. The molecule has 1 aromatic heterocycles. The molecule has 178 valence electrons. The molecule has 0 N–H and O–H groups in total. The van der Waals surface area contributed by atoms with Crippen LogP contribution in [0.25, 0.3) is 0 Å². The Kier molecular flexibility index (Phi) is 7.92. The Morgan fingerprint density at radius 3 is 2.64 bits per heavy atom. The quantitative estimate of drug-likeness (QED) is 0.425. The molecule has 0 bridgehead atoms. The van der Waals surface area contributed by atoms with Gasteiger partial charge in [-0.05, 0) is 57.4 Å². The molecule has 0 aliphatic carbocycles. The van der Waals surface area contributed by atoms with E-state index in [9.17, 15) is 14.4 Å². The number of nitrogens with zero attached hydrogens (tertiary/aromatic N) is 2. The third kappa shape index (κ3) is 5.27. The van der Waals surface area contributed by atoms with E-state index in [0.29, 0.717) is 47.0 Å². The Morgan fingerprint density at radius 1 is 1.24 bits per heavy atom. The molecule has 3 rings (SSSR count). The fourth-order valence-electron chi connectivity index (χ4n) is 4.32. The summed E-state index contributed by atoms with van der Waals surface area (Å²) in [5.41, 5.74) is 2.45. The minimum atomic E-state index is -0.469. The van der Waals surface area contributed by atoms with Crippen molar-refractivity contribution < 1.29 is 28.6 Å². The maximum atomic E-state index is 13.5. The predicted molar refractivity (Wildman–Crippen MR) is 123 cm³/mol. The number of hydrogen-bond acceptors (Lipinski definition) is 6. The minimum Gasteiger partial charge on any atom is -0.497 e. The van der Waals surface area contributed by atoms with E-state index in [1.54, 1.807) is 63.8 Å². The van der Waals surface area contributed by atoms with Crippen molar-refractivity contribution >= 4 is 17.7 Å². The predicted octanol–water partition coefficient (Wildman–Crippen LogP) is 3.33. The van der Waals surface area contributed by atoms with Crippen LogP contribution in [0.5, 0.6) is 5.75 Å². The first kappa shape index (κ1) is 24.5. The van der Waals surface area contributed by atoms with Gasteiger partial charge >= 0.3 is 5.97 Å². The summed E-state index contributed by atoms with van der Waals surface area (Å²) >= 11 is 0. The second kappa shape index (κ2) is 10.7. The van der Waals surface area contributed by atoms with E-state index in [-0.39, 0.29) is 30.9 Å². The first-order valence-corrected chi connectivity index (χ1v) is 11.2. The van der Waals surface area contributed by atoms with Gasteiger partial charge in [-0.25, -0.2) is 4.79 Å². The molecule has 1 aliphatic heterocycles. The summed E-state index contributed by atoms with van der Waals surface area (Å²) in [6.07, 6.45) is 1.66. The van der Waals surface area contributed by atoms with Crippen molar-refractivity contribution in [3.63, 3.8) is 0 Å². The van der Waals surface area contributed by atoms with Crippen LogP contribution < -0.4 is 4.74 Å². The average molecular weight is 457 g/mol. The van der Waals surface area contributed by atoms with Gasteiger partial charge in [0.15, 0.2) is 5.78 Å². The summed E-state index contributed by atoms with van der Waals surface area (Å²) in [5.74, 6) is -0.401. The van der Waals surface area contributed by atoms with Crippen LogP contribution in [0, 0.1) is 13.8 Å². The molecule has 1 atom stereocenters. The maximum absolute atomic E-state index is 13.5. The summed E-state index contributed by atoms with van der Waals surface area (Å²) in [5, 5.41) is 0. The molecule has 8 heteroatoms. The fraction of sp³-hybridized carbons (Fsp3) is 0.480. The highest BCUT2D eigenvalue weighted by molar-refractivity contribution is 6.06. The van der Waals surface area contributed by atoms with Crippen molar-refractivity contribution in [2.24, 2.45) is 7.05 Å². The van der Waals surface area contributed by atoms with Gasteiger partial charge in [0.1, 0.15) is 11.4 Å². The minimum absolute atomic E-state index is 0.111. The van der Waals surface area contributed by atoms with Crippen LogP contribution in [-0.2, 0) is 16.5 Å². The maximum Gasteiger partial charge on any atom is 0.355 e. The van der Waals surface area contributed by atoms with Crippen LogP contribution >= 0.6 is 0 Å². The van der Waals surface area contributed by atoms with Crippen LogP contribution in [0.2, 0.25) is 0 Å². The lowest BCUT2D eigenvalue weighted by Crippen LogP contribution is -2.41. The van der Waals surface area contributed by atoms with Gasteiger partial charge in [0.2, 0.25) is 0 Å². The topological polar surface area (TPSA) is 87.1 Å². The molecule has 2 aromatic rings. The number of ketones is 1. The first-order valence-electron chi connectivity index (χ1n) is 11.2. The number of rotatable bonds is 9. The number of ether oxygens (including phenoxy) is 3. The second-order valence-electron chi connectivity index (χ2n) is 8.19. The van der Waals surface area contributed by atoms with Crippen molar-refractivity contribution in [1.29, 1.82) is 0 Å². The third-order valence-electron chi connectivity index (χ3n) is 6.06. The molecule has 1 unspecified atom stereocenters. The lowest BCUT2D eigenvalue weighted by atomic mass is 10.0. The number of esters is 1. The molecule has 1 saturated heterocycles. The van der Waals surface area contributed by atoms with Gasteiger partial charge in [-0.3, -0.25) is 9.59 Å².